The van der Waals surface area contributed by atoms with Crippen LogP contribution >= 0.6 is 11.3 Å². The number of fused-ring (bicyclic) bond motifs is 1. The molecule has 0 aliphatic heterocycles. The average molecular weight is 195 g/mol. The number of rotatable bonds is 1. The van der Waals surface area contributed by atoms with E-state index in [1.54, 1.807) is 18.2 Å². The molecule has 2 rings (SSSR count). The van der Waals surface area contributed by atoms with E-state index in [1.807, 2.05) is 0 Å². The van der Waals surface area contributed by atoms with Crippen LogP contribution < -0.4 is 0 Å². The van der Waals surface area contributed by atoms with E-state index in [0.717, 1.165) is 10.3 Å². The van der Waals surface area contributed by atoms with Gasteiger partial charge in [-0.2, -0.15) is 0 Å². The zero-order valence-corrected chi connectivity index (χ0v) is 7.38. The van der Waals surface area contributed by atoms with Crippen LogP contribution in [0.15, 0.2) is 28.7 Å². The van der Waals surface area contributed by atoms with Crippen molar-refractivity contribution in [2.75, 3.05) is 0 Å². The van der Waals surface area contributed by atoms with E-state index in [0.29, 0.717) is 5.39 Å². The molecule has 2 aromatic rings. The van der Waals surface area contributed by atoms with Crippen LogP contribution in [0.2, 0.25) is 0 Å². The summed E-state index contributed by atoms with van der Waals surface area (Å²) in [5, 5.41) is 13.3. The minimum Gasteiger partial charge on any atom is -0.411 e. The van der Waals surface area contributed by atoms with E-state index in [-0.39, 0.29) is 5.82 Å². The summed E-state index contributed by atoms with van der Waals surface area (Å²) < 4.78 is 13.8. The van der Waals surface area contributed by atoms with Crippen LogP contribution in [-0.2, 0) is 0 Å². The number of halogens is 1. The number of hydrogen-bond acceptors (Lipinski definition) is 3. The van der Waals surface area contributed by atoms with Gasteiger partial charge in [0, 0.05) is 15.5 Å². The fourth-order valence-electron chi connectivity index (χ4n) is 1.16. The second-order valence-electron chi connectivity index (χ2n) is 2.58. The normalized spacial score (nSPS) is 11.5. The fourth-order valence-corrected chi connectivity index (χ4v) is 2.01. The molecule has 0 atom stereocenters. The van der Waals surface area contributed by atoms with E-state index in [1.165, 1.54) is 22.9 Å². The van der Waals surface area contributed by atoms with Crippen molar-refractivity contribution < 1.29 is 9.60 Å². The Morgan fingerprint density at radius 1 is 1.46 bits per heavy atom. The zero-order valence-electron chi connectivity index (χ0n) is 6.57. The molecule has 0 amide bonds. The van der Waals surface area contributed by atoms with E-state index >= 15 is 0 Å². The van der Waals surface area contributed by atoms with Gasteiger partial charge >= 0.3 is 0 Å². The molecule has 66 valence electrons. The molecule has 0 fully saturated rings. The van der Waals surface area contributed by atoms with Gasteiger partial charge in [-0.25, -0.2) is 4.39 Å². The van der Waals surface area contributed by atoms with Gasteiger partial charge in [-0.05, 0) is 17.7 Å². The van der Waals surface area contributed by atoms with Crippen LogP contribution in [-0.4, -0.2) is 11.4 Å². The van der Waals surface area contributed by atoms with Crippen LogP contribution in [0.4, 0.5) is 4.39 Å². The highest BCUT2D eigenvalue weighted by Gasteiger charge is 2.02. The molecule has 1 aromatic carbocycles. The third-order valence-corrected chi connectivity index (χ3v) is 2.68. The Hall–Kier alpha value is -1.42. The highest BCUT2D eigenvalue weighted by molar-refractivity contribution is 7.17. The Bertz CT molecular complexity index is 464. The first kappa shape index (κ1) is 8.19. The summed E-state index contributed by atoms with van der Waals surface area (Å²) >= 11 is 1.34. The third kappa shape index (κ3) is 1.40. The first-order valence-corrected chi connectivity index (χ1v) is 4.53. The fraction of sp³-hybridized carbons (Fsp3) is 0. The van der Waals surface area contributed by atoms with Crippen LogP contribution in [0.5, 0.6) is 0 Å². The first-order chi connectivity index (χ1) is 6.31. The average Bonchev–Trinajstić information content (AvgIpc) is 2.48. The lowest BCUT2D eigenvalue weighted by atomic mass is 10.2. The molecule has 2 nitrogen and oxygen atoms in total. The molecule has 0 unspecified atom stereocenters. The summed E-state index contributed by atoms with van der Waals surface area (Å²) in [5.41, 5.74) is 0.761. The summed E-state index contributed by atoms with van der Waals surface area (Å²) in [6, 6.07) is 5.17. The van der Waals surface area contributed by atoms with Crippen molar-refractivity contribution in [3.63, 3.8) is 0 Å². The molecule has 4 heteroatoms. The monoisotopic (exact) mass is 195 g/mol. The van der Waals surface area contributed by atoms with Crippen molar-refractivity contribution in [1.82, 2.24) is 0 Å². The SMILES string of the molecule is O/N=C/c1ccc2c(F)csc2c1. The van der Waals surface area contributed by atoms with Crippen LogP contribution in [0.1, 0.15) is 5.56 Å². The molecule has 1 N–H and O–H groups in total. The Morgan fingerprint density at radius 2 is 2.31 bits per heavy atom. The number of hydrogen-bond donors (Lipinski definition) is 1. The van der Waals surface area contributed by atoms with Gasteiger partial charge in [0.1, 0.15) is 5.82 Å². The molecular formula is C9H6FNOS. The predicted octanol–water partition coefficient (Wildman–Crippen LogP) is 2.85. The largest absolute Gasteiger partial charge is 0.411 e. The molecule has 1 aromatic heterocycles. The molecule has 0 saturated carbocycles. The Morgan fingerprint density at radius 3 is 3.08 bits per heavy atom. The lowest BCUT2D eigenvalue weighted by molar-refractivity contribution is 0.322. The predicted molar refractivity (Wildman–Crippen MR) is 51.2 cm³/mol. The Balaban J connectivity index is 2.63. The number of oxime groups is 1. The number of benzene rings is 1. The Kier molecular flexibility index (Phi) is 1.98. The first-order valence-electron chi connectivity index (χ1n) is 3.65. The standard InChI is InChI=1S/C9H6FNOS/c10-8-5-13-9-3-6(4-11-12)1-2-7(8)9/h1-5,12H/b11-4+. The second-order valence-corrected chi connectivity index (χ2v) is 3.50. The maximum Gasteiger partial charge on any atom is 0.141 e. The second kappa shape index (κ2) is 3.14. The van der Waals surface area contributed by atoms with Gasteiger partial charge in [0.15, 0.2) is 0 Å². The van der Waals surface area contributed by atoms with E-state index in [2.05, 4.69) is 5.16 Å². The van der Waals surface area contributed by atoms with E-state index in [4.69, 9.17) is 5.21 Å². The topological polar surface area (TPSA) is 32.6 Å². The maximum absolute atomic E-state index is 13.0. The quantitative estimate of drug-likeness (QED) is 0.423. The lowest BCUT2D eigenvalue weighted by Crippen LogP contribution is -1.79. The molecule has 0 spiro atoms. The van der Waals surface area contributed by atoms with Crippen LogP contribution in [0.3, 0.4) is 0 Å². The van der Waals surface area contributed by atoms with Crippen molar-refractivity contribution >= 4 is 27.6 Å². The van der Waals surface area contributed by atoms with Gasteiger partial charge in [0.2, 0.25) is 0 Å². The summed E-state index contributed by atoms with van der Waals surface area (Å²) in [7, 11) is 0. The molecule has 1 heterocycles. The molecule has 0 aliphatic carbocycles. The van der Waals surface area contributed by atoms with Crippen molar-refractivity contribution in [2.45, 2.75) is 0 Å². The van der Waals surface area contributed by atoms with Crippen molar-refractivity contribution in [1.29, 1.82) is 0 Å². The van der Waals surface area contributed by atoms with Crippen molar-refractivity contribution in [3.05, 3.63) is 35.0 Å². The smallest absolute Gasteiger partial charge is 0.141 e. The van der Waals surface area contributed by atoms with Gasteiger partial charge in [0.25, 0.3) is 0 Å². The van der Waals surface area contributed by atoms with Gasteiger partial charge < -0.3 is 5.21 Å². The van der Waals surface area contributed by atoms with Crippen molar-refractivity contribution in [2.24, 2.45) is 5.16 Å². The zero-order chi connectivity index (χ0) is 9.26. The van der Waals surface area contributed by atoms with Gasteiger partial charge in [-0.3, -0.25) is 0 Å². The minimum absolute atomic E-state index is 0.201. The molecule has 13 heavy (non-hydrogen) atoms. The third-order valence-electron chi connectivity index (χ3n) is 1.76. The molecular weight excluding hydrogens is 189 g/mol. The summed E-state index contributed by atoms with van der Waals surface area (Å²) in [6.07, 6.45) is 1.32. The summed E-state index contributed by atoms with van der Waals surface area (Å²) in [4.78, 5) is 0. The summed E-state index contributed by atoms with van der Waals surface area (Å²) in [6.45, 7) is 0. The van der Waals surface area contributed by atoms with Crippen molar-refractivity contribution in [3.8, 4) is 0 Å². The van der Waals surface area contributed by atoms with Gasteiger partial charge in [-0.1, -0.05) is 11.2 Å². The number of thiophene rings is 1. The van der Waals surface area contributed by atoms with Crippen LogP contribution in [0.25, 0.3) is 10.1 Å². The highest BCUT2D eigenvalue weighted by Crippen LogP contribution is 2.24. The van der Waals surface area contributed by atoms with Gasteiger partial charge in [0.05, 0.1) is 6.21 Å². The molecule has 0 bridgehead atoms. The highest BCUT2D eigenvalue weighted by atomic mass is 32.1. The molecule has 0 radical (unpaired) electrons. The lowest BCUT2D eigenvalue weighted by Gasteiger charge is -1.91. The molecule has 0 saturated heterocycles. The maximum atomic E-state index is 13.0. The number of nitrogens with zero attached hydrogens (tertiary/aromatic N) is 1. The van der Waals surface area contributed by atoms with Crippen LogP contribution in [0, 0.1) is 5.82 Å². The Labute approximate surface area is 77.9 Å². The molecule has 0 aliphatic rings. The summed E-state index contributed by atoms with van der Waals surface area (Å²) in [5.74, 6) is -0.201. The minimum atomic E-state index is -0.201. The van der Waals surface area contributed by atoms with Gasteiger partial charge in [-0.15, -0.1) is 11.3 Å². The van der Waals surface area contributed by atoms with E-state index in [9.17, 15) is 4.39 Å². The van der Waals surface area contributed by atoms with E-state index < -0.39 is 0 Å².